The van der Waals surface area contributed by atoms with Gasteiger partial charge in [-0.3, -0.25) is 40.0 Å². The SMILES string of the molecule is CC(C)[C@@H](NC(=O)N[C@@H](C)c1ccccc1)c1ccc(C(=O)NO)cc1.CC(C)[C@@H](NC(=O)Nc1ccc(C#N)cc1)c1ccc(C(=O)NO)cc1.C[C@@H](NC(=O)Nc1ccc2c(c1)CCO2)c1ccc(C(=O)NO)cc1.Cc1ccc(NC(=O)N[C@@H](c2ccc(C(=O)NO)cc2)C(C)C)cc1C. The van der Waals surface area contributed by atoms with Gasteiger partial charge in [-0.2, -0.15) is 5.26 Å². The molecule has 5 atom stereocenters. The Bertz CT molecular complexity index is 4190. The molecule has 540 valence electrons. The first-order valence-electron chi connectivity index (χ1n) is 33.1. The second-order valence-corrected chi connectivity index (χ2v) is 25.1. The van der Waals surface area contributed by atoms with Crippen LogP contribution in [0.2, 0.25) is 0 Å². The van der Waals surface area contributed by atoms with Crippen LogP contribution in [0.25, 0.3) is 0 Å². The zero-order chi connectivity index (χ0) is 75.3. The van der Waals surface area contributed by atoms with E-state index in [0.29, 0.717) is 45.8 Å². The van der Waals surface area contributed by atoms with Crippen molar-refractivity contribution < 1.29 is 63.9 Å². The molecule has 1 aliphatic heterocycles. The molecule has 9 rings (SSSR count). The maximum atomic E-state index is 12.4. The lowest BCUT2D eigenvalue weighted by molar-refractivity contribution is 0.0702. The van der Waals surface area contributed by atoms with Crippen molar-refractivity contribution in [1.82, 2.24) is 48.5 Å². The zero-order valence-electron chi connectivity index (χ0n) is 58.8. The summed E-state index contributed by atoms with van der Waals surface area (Å²) in [5, 5.41) is 66.5. The fourth-order valence-electron chi connectivity index (χ4n) is 10.6. The van der Waals surface area contributed by atoms with Crippen LogP contribution in [-0.2, 0) is 6.42 Å². The molecule has 0 unspecified atom stereocenters. The number of hydroxylamine groups is 4. The number of urea groups is 4. The van der Waals surface area contributed by atoms with Gasteiger partial charge in [-0.15, -0.1) is 0 Å². The quantitative estimate of drug-likeness (QED) is 0.0249. The number of amides is 12. The van der Waals surface area contributed by atoms with Gasteiger partial charge in [0.2, 0.25) is 0 Å². The summed E-state index contributed by atoms with van der Waals surface area (Å²) in [5.41, 5.74) is 18.1. The summed E-state index contributed by atoms with van der Waals surface area (Å²) in [6.07, 6.45) is 0.844. The second-order valence-electron chi connectivity index (χ2n) is 25.1. The van der Waals surface area contributed by atoms with E-state index in [4.69, 9.17) is 30.8 Å². The normalized spacial score (nSPS) is 12.3. The van der Waals surface area contributed by atoms with Crippen LogP contribution in [0, 0.1) is 42.9 Å². The van der Waals surface area contributed by atoms with E-state index < -0.39 is 23.6 Å². The van der Waals surface area contributed by atoms with E-state index in [0.717, 1.165) is 56.8 Å². The molecule has 26 heteroatoms. The molecule has 0 bridgehead atoms. The molecule has 0 saturated carbocycles. The molecule has 0 saturated heterocycles. The molecule has 0 spiro atoms. The van der Waals surface area contributed by atoms with E-state index in [1.54, 1.807) is 149 Å². The number of nitrogens with one attached hydrogen (secondary N) is 12. The summed E-state index contributed by atoms with van der Waals surface area (Å²) in [6, 6.07) is 54.2. The first-order chi connectivity index (χ1) is 49.2. The number of aryl methyl sites for hydroxylation is 2. The summed E-state index contributed by atoms with van der Waals surface area (Å²) in [5.74, 6) is -1.03. The number of carbonyl (C=O) groups excluding carboxylic acids is 8. The minimum Gasteiger partial charge on any atom is -0.493 e. The van der Waals surface area contributed by atoms with Crippen LogP contribution in [0.15, 0.2) is 188 Å². The van der Waals surface area contributed by atoms with E-state index in [9.17, 15) is 38.4 Å². The highest BCUT2D eigenvalue weighted by atomic mass is 16.5. The average molecular weight is 1400 g/mol. The lowest BCUT2D eigenvalue weighted by Crippen LogP contribution is -2.40. The molecular weight excluding hydrogens is 1310 g/mol. The minimum atomic E-state index is -0.593. The van der Waals surface area contributed by atoms with Gasteiger partial charge in [0.15, 0.2) is 0 Å². The van der Waals surface area contributed by atoms with Crippen LogP contribution < -0.4 is 69.2 Å². The third-order valence-electron chi connectivity index (χ3n) is 16.5. The van der Waals surface area contributed by atoms with Crippen molar-refractivity contribution in [1.29, 1.82) is 5.26 Å². The molecule has 0 fully saturated rings. The van der Waals surface area contributed by atoms with Gasteiger partial charge in [0, 0.05) is 45.7 Å². The van der Waals surface area contributed by atoms with Crippen molar-refractivity contribution in [3.63, 3.8) is 0 Å². The van der Waals surface area contributed by atoms with Crippen LogP contribution in [0.4, 0.5) is 36.2 Å². The summed E-state index contributed by atoms with van der Waals surface area (Å²) in [7, 11) is 0. The average Bonchev–Trinajstić information content (AvgIpc) is 1.58. The van der Waals surface area contributed by atoms with Crippen LogP contribution in [0.1, 0.15) is 177 Å². The van der Waals surface area contributed by atoms with Crippen molar-refractivity contribution in [2.24, 2.45) is 17.8 Å². The molecule has 103 heavy (non-hydrogen) atoms. The van der Waals surface area contributed by atoms with Crippen molar-refractivity contribution in [3.8, 4) is 11.8 Å². The minimum absolute atomic E-state index is 0.110. The van der Waals surface area contributed by atoms with E-state index >= 15 is 0 Å². The monoisotopic (exact) mass is 1400 g/mol. The molecule has 12 amide bonds. The van der Waals surface area contributed by atoms with Gasteiger partial charge in [-0.1, -0.05) is 126 Å². The number of benzene rings is 8. The van der Waals surface area contributed by atoms with Gasteiger partial charge in [0.1, 0.15) is 5.75 Å². The number of hydrogen-bond acceptors (Lipinski definition) is 14. The third-order valence-corrected chi connectivity index (χ3v) is 16.5. The largest absolute Gasteiger partial charge is 0.493 e. The van der Waals surface area contributed by atoms with Gasteiger partial charge >= 0.3 is 24.1 Å². The summed E-state index contributed by atoms with van der Waals surface area (Å²) in [4.78, 5) is 94.8. The number of carbonyl (C=O) groups is 8. The molecule has 0 aliphatic carbocycles. The molecule has 16 N–H and O–H groups in total. The number of nitrogens with zero attached hydrogens (tertiary/aromatic N) is 1. The smallest absolute Gasteiger partial charge is 0.319 e. The number of rotatable bonds is 20. The maximum absolute atomic E-state index is 12.4. The highest BCUT2D eigenvalue weighted by Gasteiger charge is 2.24. The zero-order valence-corrected chi connectivity index (χ0v) is 58.8. The van der Waals surface area contributed by atoms with Crippen molar-refractivity contribution in [2.45, 2.75) is 106 Å². The van der Waals surface area contributed by atoms with Crippen LogP contribution in [0.5, 0.6) is 5.75 Å². The standard InChI is InChI=1S/2C20H25N3O3.C19H20N4O3.C18H19N3O4/c1-12(2)18(15-6-8-16(9-7-15)19(24)23-26)22-20(25)21-17-10-5-13(3)14(4)11-17;1-13(2)18(16-9-11-17(12-10-16)19(24)23-26)22-20(25)21-14(3)15-7-5-4-6-8-15;1-12(2)17(14-5-7-15(8-6-14)18(24)23-26)22-19(25)21-16-9-3-13(11-20)4-10-16;1-11(12-2-4-13(5-3-12)17(22)21-24)19-18(23)20-15-6-7-16-14(10-15)8-9-25-16/h5-12,18,26H,1-4H3,(H,23,24)(H2,21,22,25);4-14,18,26H,1-3H3,(H,23,24)(H2,21,22,25);3-10,12,17,26H,1-2H3,(H,23,24)(H2,21,22,25);2-7,10-11,24H,8-9H2,1H3,(H,21,22)(H2,19,20,23)/t18-;14-,18+;17-;11-/m1011/s1. The molecular formula is C77H89N13O13. The lowest BCUT2D eigenvalue weighted by Gasteiger charge is -2.24. The van der Waals surface area contributed by atoms with Crippen molar-refractivity contribution in [3.05, 3.63) is 260 Å². The summed E-state index contributed by atoms with van der Waals surface area (Å²) in [6.45, 7) is 20.5. The van der Waals surface area contributed by atoms with E-state index in [1.807, 2.05) is 136 Å². The molecule has 8 aromatic rings. The van der Waals surface area contributed by atoms with Gasteiger partial charge < -0.3 is 47.3 Å². The van der Waals surface area contributed by atoms with Crippen LogP contribution in [-0.4, -0.2) is 75.2 Å². The Labute approximate surface area is 598 Å². The molecule has 26 nitrogen and oxygen atoms in total. The molecule has 0 aromatic heterocycles. The first-order valence-corrected chi connectivity index (χ1v) is 33.1. The van der Waals surface area contributed by atoms with E-state index in [-0.39, 0.29) is 72.1 Å². The number of fused-ring (bicyclic) bond motifs is 1. The number of hydrogen-bond donors (Lipinski definition) is 16. The molecule has 0 radical (unpaired) electrons. The highest BCUT2D eigenvalue weighted by molar-refractivity contribution is 5.96. The Morgan fingerprint density at radius 2 is 0.718 bits per heavy atom. The van der Waals surface area contributed by atoms with E-state index in [2.05, 4.69) is 42.5 Å². The maximum Gasteiger partial charge on any atom is 0.319 e. The van der Waals surface area contributed by atoms with Gasteiger partial charge in [-0.05, 0) is 193 Å². The topological polar surface area (TPSA) is 395 Å². The Kier molecular flexibility index (Phi) is 30.7. The fourth-order valence-corrected chi connectivity index (χ4v) is 10.6. The number of anilines is 3. The van der Waals surface area contributed by atoms with Gasteiger partial charge in [-0.25, -0.2) is 41.1 Å². The Hall–Kier alpha value is -12.2. The molecule has 1 heterocycles. The van der Waals surface area contributed by atoms with E-state index in [1.165, 1.54) is 5.56 Å². The molecule has 1 aliphatic rings. The highest BCUT2D eigenvalue weighted by Crippen LogP contribution is 2.29. The van der Waals surface area contributed by atoms with Crippen molar-refractivity contribution in [2.75, 3.05) is 22.6 Å². The molecule has 8 aromatic carbocycles. The Balaban J connectivity index is 0.000000216. The van der Waals surface area contributed by atoms with Crippen LogP contribution >= 0.6 is 0 Å². The predicted molar refractivity (Wildman–Crippen MR) is 390 cm³/mol. The van der Waals surface area contributed by atoms with Crippen LogP contribution in [0.3, 0.4) is 0 Å². The summed E-state index contributed by atoms with van der Waals surface area (Å²) >= 11 is 0. The fraction of sp³-hybridized carbons (Fsp3) is 0.260. The second kappa shape index (κ2) is 39.6. The van der Waals surface area contributed by atoms with Gasteiger partial charge in [0.05, 0.1) is 48.4 Å². The number of ether oxygens (including phenoxy) is 1. The van der Waals surface area contributed by atoms with Crippen molar-refractivity contribution >= 4 is 64.8 Å². The number of nitriles is 1. The summed E-state index contributed by atoms with van der Waals surface area (Å²) < 4.78 is 5.44. The predicted octanol–water partition coefficient (Wildman–Crippen LogP) is 13.3. The lowest BCUT2D eigenvalue weighted by atomic mass is 9.95. The Morgan fingerprint density at radius 1 is 0.379 bits per heavy atom. The Morgan fingerprint density at radius 3 is 1.11 bits per heavy atom. The first kappa shape index (κ1) is 79.8. The van der Waals surface area contributed by atoms with Gasteiger partial charge in [0.25, 0.3) is 23.6 Å². The third kappa shape index (κ3) is 24.6.